The van der Waals surface area contributed by atoms with Crippen molar-refractivity contribution in [2.75, 3.05) is 5.73 Å². The van der Waals surface area contributed by atoms with Crippen LogP contribution in [0.5, 0.6) is 0 Å². The maximum Gasteiger partial charge on any atom is 0.433 e. The summed E-state index contributed by atoms with van der Waals surface area (Å²) in [4.78, 5) is 15.1. The number of rotatable bonds is 3. The lowest BCUT2D eigenvalue weighted by molar-refractivity contribution is -0.141. The number of nitrogens with zero attached hydrogens (tertiary/aromatic N) is 4. The van der Waals surface area contributed by atoms with E-state index in [1.807, 2.05) is 0 Å². The topological polar surface area (TPSA) is 77.6 Å². The Kier molecular flexibility index (Phi) is 5.48. The van der Waals surface area contributed by atoms with Crippen LogP contribution in [-0.4, -0.2) is 19.9 Å². The number of aromatic nitrogens is 4. The molecule has 3 heterocycles. The van der Waals surface area contributed by atoms with Gasteiger partial charge in [0.1, 0.15) is 17.2 Å². The molecular weight excluding hydrogens is 448 g/mol. The minimum atomic E-state index is -4.80. The number of nitrogens with two attached hydrogens (primary N) is 1. The fourth-order valence-corrected chi connectivity index (χ4v) is 3.00. The summed E-state index contributed by atoms with van der Waals surface area (Å²) in [6, 6.07) is 12.1. The van der Waals surface area contributed by atoms with Crippen molar-refractivity contribution in [3.63, 3.8) is 0 Å². The van der Waals surface area contributed by atoms with Crippen molar-refractivity contribution in [3.05, 3.63) is 78.4 Å². The molecule has 2 N–H and O–H groups in total. The Labute approximate surface area is 183 Å². The van der Waals surface area contributed by atoms with Crippen molar-refractivity contribution >= 4 is 5.82 Å². The number of hydrogen-bond donors (Lipinski definition) is 1. The highest BCUT2D eigenvalue weighted by Crippen LogP contribution is 2.34. The Balaban J connectivity index is 1.81. The molecule has 0 atom stereocenters. The highest BCUT2D eigenvalue weighted by Gasteiger charge is 2.35. The molecule has 4 rings (SSSR count). The van der Waals surface area contributed by atoms with Gasteiger partial charge in [0.25, 0.3) is 0 Å². The van der Waals surface area contributed by atoms with Crippen molar-refractivity contribution in [3.8, 4) is 33.8 Å². The van der Waals surface area contributed by atoms with E-state index in [1.54, 1.807) is 30.3 Å². The quantitative estimate of drug-likeness (QED) is 0.385. The summed E-state index contributed by atoms with van der Waals surface area (Å²) in [5.74, 6) is 0.0656. The van der Waals surface area contributed by atoms with Gasteiger partial charge in [0.05, 0.1) is 5.69 Å². The average molecular weight is 461 g/mol. The van der Waals surface area contributed by atoms with Crippen molar-refractivity contribution in [2.24, 2.45) is 0 Å². The van der Waals surface area contributed by atoms with Crippen molar-refractivity contribution in [1.29, 1.82) is 0 Å². The van der Waals surface area contributed by atoms with Gasteiger partial charge in [-0.15, -0.1) is 0 Å². The van der Waals surface area contributed by atoms with Crippen LogP contribution in [0.4, 0.5) is 32.2 Å². The SMILES string of the molecule is Nc1ccc(-c2cccc(-c3nc(-c4ccc(C(F)(F)F)nc4)cc(C(F)(F)F)n3)c2)cn1. The van der Waals surface area contributed by atoms with Gasteiger partial charge in [-0.25, -0.2) is 15.0 Å². The predicted octanol–water partition coefficient (Wildman–Crippen LogP) is 5.89. The van der Waals surface area contributed by atoms with Crippen molar-refractivity contribution < 1.29 is 26.3 Å². The van der Waals surface area contributed by atoms with Crippen LogP contribution in [0.3, 0.4) is 0 Å². The lowest BCUT2D eigenvalue weighted by Gasteiger charge is -2.12. The average Bonchev–Trinajstić information content (AvgIpc) is 2.78. The van der Waals surface area contributed by atoms with Crippen LogP contribution < -0.4 is 5.73 Å². The van der Waals surface area contributed by atoms with E-state index in [2.05, 4.69) is 19.9 Å². The van der Waals surface area contributed by atoms with Gasteiger partial charge in [-0.2, -0.15) is 26.3 Å². The third-order valence-electron chi connectivity index (χ3n) is 4.61. The zero-order chi connectivity index (χ0) is 23.8. The van der Waals surface area contributed by atoms with Gasteiger partial charge < -0.3 is 5.73 Å². The van der Waals surface area contributed by atoms with Gasteiger partial charge in [-0.3, -0.25) is 4.98 Å². The molecule has 0 fully saturated rings. The summed E-state index contributed by atoms with van der Waals surface area (Å²) in [5, 5.41) is 0. The van der Waals surface area contributed by atoms with E-state index < -0.39 is 23.7 Å². The monoisotopic (exact) mass is 461 g/mol. The second kappa shape index (κ2) is 8.15. The maximum atomic E-state index is 13.5. The molecule has 3 aromatic heterocycles. The van der Waals surface area contributed by atoms with Gasteiger partial charge >= 0.3 is 12.4 Å². The molecule has 0 saturated carbocycles. The number of anilines is 1. The fraction of sp³-hybridized carbons (Fsp3) is 0.0909. The third kappa shape index (κ3) is 4.92. The fourth-order valence-electron chi connectivity index (χ4n) is 3.00. The summed E-state index contributed by atoms with van der Waals surface area (Å²) in [7, 11) is 0. The maximum absolute atomic E-state index is 13.5. The first kappa shape index (κ1) is 22.2. The molecule has 0 radical (unpaired) electrons. The third-order valence-corrected chi connectivity index (χ3v) is 4.61. The first-order chi connectivity index (χ1) is 15.5. The summed E-state index contributed by atoms with van der Waals surface area (Å²) in [5.41, 5.74) is 4.53. The van der Waals surface area contributed by atoms with Crippen LogP contribution >= 0.6 is 0 Å². The summed E-state index contributed by atoms with van der Waals surface area (Å²) in [6.45, 7) is 0. The number of alkyl halides is 6. The minimum absolute atomic E-state index is 0.0176. The Hall–Kier alpha value is -4.02. The lowest BCUT2D eigenvalue weighted by Crippen LogP contribution is -2.11. The molecule has 1 aromatic carbocycles. The number of nitrogen functional groups attached to an aromatic ring is 1. The summed E-state index contributed by atoms with van der Waals surface area (Å²) < 4.78 is 78.9. The van der Waals surface area contributed by atoms with Crippen LogP contribution in [0, 0.1) is 0 Å². The van der Waals surface area contributed by atoms with E-state index in [4.69, 9.17) is 5.73 Å². The molecular formula is C22H13F6N5. The zero-order valence-electron chi connectivity index (χ0n) is 16.5. The van der Waals surface area contributed by atoms with Crippen LogP contribution in [-0.2, 0) is 12.4 Å². The Morgan fingerprint density at radius 3 is 1.88 bits per heavy atom. The standard InChI is InChI=1S/C22H13F6N5/c23-21(24,25)17-6-4-15(11-30-17)16-9-18(22(26,27)28)33-20(32-16)13-3-1-2-12(8-13)14-5-7-19(29)31-10-14/h1-11H,(H2,29,31). The molecule has 0 bridgehead atoms. The first-order valence-electron chi connectivity index (χ1n) is 9.33. The minimum Gasteiger partial charge on any atom is -0.384 e. The predicted molar refractivity (Wildman–Crippen MR) is 108 cm³/mol. The van der Waals surface area contributed by atoms with E-state index >= 15 is 0 Å². The zero-order valence-corrected chi connectivity index (χ0v) is 16.5. The molecule has 5 nitrogen and oxygen atoms in total. The van der Waals surface area contributed by atoms with E-state index in [1.165, 1.54) is 12.3 Å². The molecule has 0 aliphatic heterocycles. The van der Waals surface area contributed by atoms with Crippen LogP contribution in [0.15, 0.2) is 67.0 Å². The highest BCUT2D eigenvalue weighted by molar-refractivity contribution is 5.71. The molecule has 168 valence electrons. The van der Waals surface area contributed by atoms with E-state index in [0.29, 0.717) is 29.1 Å². The van der Waals surface area contributed by atoms with Crippen LogP contribution in [0.2, 0.25) is 0 Å². The molecule has 33 heavy (non-hydrogen) atoms. The van der Waals surface area contributed by atoms with Crippen molar-refractivity contribution in [1.82, 2.24) is 19.9 Å². The van der Waals surface area contributed by atoms with Crippen molar-refractivity contribution in [2.45, 2.75) is 12.4 Å². The van der Waals surface area contributed by atoms with Gasteiger partial charge in [0, 0.05) is 29.1 Å². The number of hydrogen-bond acceptors (Lipinski definition) is 5. The van der Waals surface area contributed by atoms with E-state index in [-0.39, 0.29) is 22.6 Å². The largest absolute Gasteiger partial charge is 0.433 e. The molecule has 0 aliphatic rings. The lowest BCUT2D eigenvalue weighted by atomic mass is 10.0. The Morgan fingerprint density at radius 2 is 1.27 bits per heavy atom. The second-order valence-corrected chi connectivity index (χ2v) is 6.94. The highest BCUT2D eigenvalue weighted by atomic mass is 19.4. The Bertz CT molecular complexity index is 1280. The van der Waals surface area contributed by atoms with Gasteiger partial charge in [0.15, 0.2) is 5.82 Å². The second-order valence-electron chi connectivity index (χ2n) is 6.94. The Morgan fingerprint density at radius 1 is 0.606 bits per heavy atom. The smallest absolute Gasteiger partial charge is 0.384 e. The normalized spacial score (nSPS) is 12.1. The molecule has 0 amide bonds. The summed E-state index contributed by atoms with van der Waals surface area (Å²) in [6.07, 6.45) is -7.14. The van der Waals surface area contributed by atoms with Gasteiger partial charge in [-0.05, 0) is 42.0 Å². The van der Waals surface area contributed by atoms with Crippen LogP contribution in [0.1, 0.15) is 11.4 Å². The first-order valence-corrected chi connectivity index (χ1v) is 9.33. The molecule has 4 aromatic rings. The molecule has 0 saturated heterocycles. The van der Waals surface area contributed by atoms with E-state index in [0.717, 1.165) is 12.3 Å². The van der Waals surface area contributed by atoms with Gasteiger partial charge in [-0.1, -0.05) is 18.2 Å². The van der Waals surface area contributed by atoms with Gasteiger partial charge in [0.2, 0.25) is 0 Å². The molecule has 11 heteroatoms. The molecule has 0 spiro atoms. The number of pyridine rings is 2. The molecule has 0 unspecified atom stereocenters. The number of benzene rings is 1. The molecule has 0 aliphatic carbocycles. The van der Waals surface area contributed by atoms with Crippen LogP contribution in [0.25, 0.3) is 33.8 Å². The van der Waals surface area contributed by atoms with E-state index in [9.17, 15) is 26.3 Å². The summed E-state index contributed by atoms with van der Waals surface area (Å²) >= 11 is 0. The number of halogens is 6.